The molecule has 0 amide bonds. The van der Waals surface area contributed by atoms with E-state index in [9.17, 15) is 0 Å². The third kappa shape index (κ3) is 3.33. The maximum absolute atomic E-state index is 4.41. The minimum atomic E-state index is -1.36. The molecule has 0 fully saturated rings. The van der Waals surface area contributed by atoms with Crippen molar-refractivity contribution in [3.05, 3.63) is 41.7 Å². The van der Waals surface area contributed by atoms with E-state index in [0.29, 0.717) is 0 Å². The summed E-state index contributed by atoms with van der Waals surface area (Å²) in [6.07, 6.45) is 5.51. The van der Waals surface area contributed by atoms with Crippen LogP contribution < -0.4 is 0 Å². The number of imidazole rings is 1. The Morgan fingerprint density at radius 2 is 1.89 bits per heavy atom. The molecule has 0 aliphatic carbocycles. The summed E-state index contributed by atoms with van der Waals surface area (Å²) in [5.74, 6) is 3.22. The maximum Gasteiger partial charge on any atom is 0.133 e. The Balaban J connectivity index is 2.41. The van der Waals surface area contributed by atoms with Crippen LogP contribution in [0.4, 0.5) is 0 Å². The Hall–Kier alpha value is -1.86. The fourth-order valence-electron chi connectivity index (χ4n) is 1.71. The van der Waals surface area contributed by atoms with Crippen LogP contribution in [0.15, 0.2) is 24.8 Å². The Bertz CT molecular complexity index is 654. The van der Waals surface area contributed by atoms with Crippen LogP contribution in [0.25, 0.3) is 5.69 Å². The zero-order valence-electron chi connectivity index (χ0n) is 12.2. The lowest BCUT2D eigenvalue weighted by atomic mass is 10.3. The number of nitrogens with zero attached hydrogens (tertiary/aromatic N) is 3. The van der Waals surface area contributed by atoms with Gasteiger partial charge in [0, 0.05) is 6.20 Å². The Morgan fingerprint density at radius 1 is 1.16 bits per heavy atom. The van der Waals surface area contributed by atoms with E-state index in [0.717, 1.165) is 22.6 Å². The van der Waals surface area contributed by atoms with E-state index < -0.39 is 8.07 Å². The molecule has 0 radical (unpaired) electrons. The molecule has 0 unspecified atom stereocenters. The lowest BCUT2D eigenvalue weighted by molar-refractivity contribution is 0.986. The first-order chi connectivity index (χ1) is 8.87. The lowest BCUT2D eigenvalue weighted by Gasteiger charge is -2.05. The van der Waals surface area contributed by atoms with Crippen LogP contribution in [-0.2, 0) is 0 Å². The zero-order chi connectivity index (χ0) is 14.0. The topological polar surface area (TPSA) is 30.7 Å². The number of hydrogen-bond acceptors (Lipinski definition) is 2. The van der Waals surface area contributed by atoms with Crippen LogP contribution in [-0.4, -0.2) is 22.6 Å². The van der Waals surface area contributed by atoms with Gasteiger partial charge in [0.15, 0.2) is 0 Å². The van der Waals surface area contributed by atoms with E-state index in [1.54, 1.807) is 0 Å². The molecule has 0 saturated carbocycles. The van der Waals surface area contributed by atoms with Crippen LogP contribution in [0.3, 0.4) is 0 Å². The fourth-order valence-corrected chi connectivity index (χ4v) is 2.20. The van der Waals surface area contributed by atoms with Gasteiger partial charge in [-0.3, -0.25) is 4.98 Å². The molecule has 19 heavy (non-hydrogen) atoms. The maximum atomic E-state index is 4.41. The molecule has 2 heterocycles. The number of rotatable bonds is 1. The SMILES string of the molecule is Cc1cncc(-n2cnc(C#C[Si](C)(C)C)c2C)c1. The Morgan fingerprint density at radius 3 is 2.53 bits per heavy atom. The molecule has 0 aromatic carbocycles. The average molecular weight is 269 g/mol. The lowest BCUT2D eigenvalue weighted by Crippen LogP contribution is -2.16. The third-order valence-electron chi connectivity index (χ3n) is 2.70. The van der Waals surface area contributed by atoms with Crippen LogP contribution in [0.5, 0.6) is 0 Å². The summed E-state index contributed by atoms with van der Waals surface area (Å²) in [6, 6.07) is 2.09. The minimum absolute atomic E-state index is 0.865. The van der Waals surface area contributed by atoms with E-state index in [-0.39, 0.29) is 0 Å². The average Bonchev–Trinajstić information content (AvgIpc) is 2.67. The number of aromatic nitrogens is 3. The first-order valence-electron chi connectivity index (χ1n) is 6.36. The van der Waals surface area contributed by atoms with Gasteiger partial charge in [0.1, 0.15) is 20.1 Å². The molecule has 0 N–H and O–H groups in total. The molecule has 3 nitrogen and oxygen atoms in total. The molecule has 0 saturated heterocycles. The van der Waals surface area contributed by atoms with Gasteiger partial charge < -0.3 is 4.57 Å². The molecule has 0 spiro atoms. The van der Waals surface area contributed by atoms with Gasteiger partial charge in [-0.1, -0.05) is 25.6 Å². The molecular weight excluding hydrogens is 250 g/mol. The molecule has 4 heteroatoms. The van der Waals surface area contributed by atoms with Crippen molar-refractivity contribution in [1.29, 1.82) is 0 Å². The minimum Gasteiger partial charge on any atom is -0.301 e. The highest BCUT2D eigenvalue weighted by molar-refractivity contribution is 6.83. The summed E-state index contributed by atoms with van der Waals surface area (Å²) in [7, 11) is -1.36. The molecule has 2 aromatic heterocycles. The van der Waals surface area contributed by atoms with E-state index in [1.807, 2.05) is 37.1 Å². The highest BCUT2D eigenvalue weighted by Gasteiger charge is 2.10. The van der Waals surface area contributed by atoms with E-state index in [2.05, 4.69) is 47.1 Å². The monoisotopic (exact) mass is 269 g/mol. The summed E-state index contributed by atoms with van der Waals surface area (Å²) < 4.78 is 2.04. The number of aryl methyl sites for hydroxylation is 1. The molecule has 0 atom stereocenters. The van der Waals surface area contributed by atoms with Crippen LogP contribution in [0, 0.1) is 25.3 Å². The van der Waals surface area contributed by atoms with Crippen molar-refractivity contribution in [2.24, 2.45) is 0 Å². The normalized spacial score (nSPS) is 11.0. The molecule has 0 aliphatic rings. The highest BCUT2D eigenvalue weighted by atomic mass is 28.3. The van der Waals surface area contributed by atoms with Gasteiger partial charge in [-0.2, -0.15) is 0 Å². The zero-order valence-corrected chi connectivity index (χ0v) is 13.2. The van der Waals surface area contributed by atoms with Gasteiger partial charge in [0.25, 0.3) is 0 Å². The quantitative estimate of drug-likeness (QED) is 0.588. The van der Waals surface area contributed by atoms with Crippen LogP contribution in [0.1, 0.15) is 17.0 Å². The largest absolute Gasteiger partial charge is 0.301 e. The molecule has 2 aromatic rings. The standard InChI is InChI=1S/C15H19N3Si/c1-12-8-14(10-16-9-12)18-11-17-15(13(18)2)6-7-19(3,4)5/h8-11H,1-5H3. The van der Waals surface area contributed by atoms with Crippen molar-refractivity contribution in [1.82, 2.24) is 14.5 Å². The van der Waals surface area contributed by atoms with Gasteiger partial charge in [0.2, 0.25) is 0 Å². The highest BCUT2D eigenvalue weighted by Crippen LogP contribution is 2.14. The number of hydrogen-bond donors (Lipinski definition) is 0. The van der Waals surface area contributed by atoms with E-state index in [4.69, 9.17) is 0 Å². The first-order valence-corrected chi connectivity index (χ1v) is 9.86. The van der Waals surface area contributed by atoms with Crippen molar-refractivity contribution in [3.63, 3.8) is 0 Å². The summed E-state index contributed by atoms with van der Waals surface area (Å²) in [4.78, 5) is 8.63. The molecule has 0 bridgehead atoms. The number of pyridine rings is 1. The van der Waals surface area contributed by atoms with Crippen LogP contribution >= 0.6 is 0 Å². The molecule has 98 valence electrons. The summed E-state index contributed by atoms with van der Waals surface area (Å²) in [5, 5.41) is 0. The molecule has 2 rings (SSSR count). The van der Waals surface area contributed by atoms with Crippen molar-refractivity contribution in [2.45, 2.75) is 33.5 Å². The Labute approximate surface area is 115 Å². The van der Waals surface area contributed by atoms with Gasteiger partial charge >= 0.3 is 0 Å². The predicted molar refractivity (Wildman–Crippen MR) is 81.1 cm³/mol. The van der Waals surface area contributed by atoms with Crippen molar-refractivity contribution >= 4 is 8.07 Å². The summed E-state index contributed by atoms with van der Waals surface area (Å²) in [5.41, 5.74) is 7.46. The third-order valence-corrected chi connectivity index (χ3v) is 3.58. The van der Waals surface area contributed by atoms with Crippen LogP contribution in [0.2, 0.25) is 19.6 Å². The van der Waals surface area contributed by atoms with E-state index in [1.165, 1.54) is 0 Å². The second kappa shape index (κ2) is 5.02. The summed E-state index contributed by atoms with van der Waals surface area (Å²) in [6.45, 7) is 10.8. The van der Waals surface area contributed by atoms with Crippen molar-refractivity contribution < 1.29 is 0 Å². The van der Waals surface area contributed by atoms with Gasteiger partial charge in [0.05, 0.1) is 17.6 Å². The first kappa shape index (κ1) is 13.6. The Kier molecular flexibility index (Phi) is 3.58. The summed E-state index contributed by atoms with van der Waals surface area (Å²) >= 11 is 0. The van der Waals surface area contributed by atoms with E-state index >= 15 is 0 Å². The van der Waals surface area contributed by atoms with Gasteiger partial charge in [-0.25, -0.2) is 4.98 Å². The fraction of sp³-hybridized carbons (Fsp3) is 0.333. The van der Waals surface area contributed by atoms with Gasteiger partial charge in [-0.15, -0.1) is 5.54 Å². The second-order valence-electron chi connectivity index (χ2n) is 5.77. The van der Waals surface area contributed by atoms with Crippen molar-refractivity contribution in [3.8, 4) is 17.2 Å². The molecule has 0 aliphatic heterocycles. The van der Waals surface area contributed by atoms with Crippen molar-refractivity contribution in [2.75, 3.05) is 0 Å². The van der Waals surface area contributed by atoms with Gasteiger partial charge in [-0.05, 0) is 25.5 Å². The second-order valence-corrected chi connectivity index (χ2v) is 10.5. The smallest absolute Gasteiger partial charge is 0.133 e. The molecular formula is C15H19N3Si. The predicted octanol–water partition coefficient (Wildman–Crippen LogP) is 3.11.